The average molecular weight is 813 g/mol. The minimum absolute atomic E-state index is 0. The van der Waals surface area contributed by atoms with E-state index in [9.17, 15) is 0 Å². The third kappa shape index (κ3) is 8.34. The van der Waals surface area contributed by atoms with E-state index in [0.717, 1.165) is 0 Å². The van der Waals surface area contributed by atoms with Gasteiger partial charge in [0.25, 0.3) is 0 Å². The van der Waals surface area contributed by atoms with Crippen LogP contribution in [0.2, 0.25) is 0 Å². The Balaban J connectivity index is 0.00000117. The predicted octanol–water partition coefficient (Wildman–Crippen LogP) is 15.0. The second kappa shape index (κ2) is 17.3. The van der Waals surface area contributed by atoms with E-state index in [1.165, 1.54) is 64.7 Å². The van der Waals surface area contributed by atoms with Gasteiger partial charge < -0.3 is 14.9 Å². The van der Waals surface area contributed by atoms with E-state index < -0.39 is 20.8 Å². The molecule has 5 unspecified atom stereocenters. The molecular formula is C49H62Cl2Zr. The summed E-state index contributed by atoms with van der Waals surface area (Å²) in [5.74, 6) is 3.06. The Morgan fingerprint density at radius 1 is 0.538 bits per heavy atom. The number of benzene rings is 3. The van der Waals surface area contributed by atoms with Crippen LogP contribution in [0.3, 0.4) is 0 Å². The number of allylic oxidation sites excluding steroid dienone is 8. The predicted molar refractivity (Wildman–Crippen MR) is 226 cm³/mol. The van der Waals surface area contributed by atoms with E-state index in [1.54, 1.807) is 5.56 Å². The molecule has 4 aliphatic carbocycles. The van der Waals surface area contributed by atoms with Gasteiger partial charge in [0.1, 0.15) is 0 Å². The summed E-state index contributed by atoms with van der Waals surface area (Å²) in [6.45, 7) is 19.4. The molecule has 0 saturated heterocycles. The number of rotatable bonds is 5. The number of fused-ring (bicyclic) bond motifs is 3. The molecule has 3 aromatic rings. The van der Waals surface area contributed by atoms with Crippen molar-refractivity contribution >= 4 is 28.2 Å². The molecule has 52 heavy (non-hydrogen) atoms. The van der Waals surface area contributed by atoms with Gasteiger partial charge in [0, 0.05) is 0 Å². The van der Waals surface area contributed by atoms with Crippen molar-refractivity contribution in [1.29, 1.82) is 0 Å². The first-order valence-electron chi connectivity index (χ1n) is 18.8. The Morgan fingerprint density at radius 3 is 1.29 bits per heavy atom. The molecule has 0 aliphatic heterocycles. The molecule has 5 atom stereocenters. The van der Waals surface area contributed by atoms with Crippen molar-refractivity contribution in [2.75, 3.05) is 0 Å². The summed E-state index contributed by atoms with van der Waals surface area (Å²) in [4.78, 5) is 0. The zero-order valence-corrected chi connectivity index (χ0v) is 37.4. The zero-order valence-electron chi connectivity index (χ0n) is 33.4. The number of hydrogen-bond donors (Lipinski definition) is 0. The molecule has 0 nitrogen and oxygen atoms in total. The first-order chi connectivity index (χ1) is 23.8. The van der Waals surface area contributed by atoms with Crippen LogP contribution >= 0.6 is 17.0 Å². The number of halogens is 2. The molecule has 3 heteroatoms. The van der Waals surface area contributed by atoms with E-state index in [4.69, 9.17) is 17.0 Å². The molecule has 7 rings (SSSR count). The van der Waals surface area contributed by atoms with Crippen LogP contribution in [0.4, 0.5) is 0 Å². The summed E-state index contributed by atoms with van der Waals surface area (Å²) >= 11 is -0.826. The molecule has 3 aromatic carbocycles. The summed E-state index contributed by atoms with van der Waals surface area (Å²) in [6.07, 6.45) is 16.5. The van der Waals surface area contributed by atoms with E-state index >= 15 is 0 Å². The Morgan fingerprint density at radius 2 is 0.923 bits per heavy atom. The monoisotopic (exact) mass is 810 g/mol. The van der Waals surface area contributed by atoms with Crippen molar-refractivity contribution in [2.24, 2.45) is 46.3 Å². The normalized spacial score (nSPS) is 25.2. The average Bonchev–Trinajstić information content (AvgIpc) is 3.75. The van der Waals surface area contributed by atoms with Crippen LogP contribution in [0.1, 0.15) is 96.4 Å². The molecule has 0 N–H and O–H groups in total. The first-order valence-corrected chi connectivity index (χ1v) is 25.1. The van der Waals surface area contributed by atoms with Gasteiger partial charge in [-0.15, -0.1) is 0 Å². The Kier molecular flexibility index (Phi) is 14.2. The molecule has 276 valence electrons. The van der Waals surface area contributed by atoms with Crippen LogP contribution in [0.15, 0.2) is 120 Å². The Bertz CT molecular complexity index is 1650. The van der Waals surface area contributed by atoms with Gasteiger partial charge in [-0.1, -0.05) is 176 Å². The molecule has 2 fully saturated rings. The van der Waals surface area contributed by atoms with E-state index in [1.807, 2.05) is 0 Å². The van der Waals surface area contributed by atoms with E-state index in [-0.39, 0.29) is 31.1 Å². The SMILES string of the molecule is Cc1ccc(C(C)(C2CCCC2)C2C3C=C(c4ccccc4)C(C(C)(C)C)=CC3C3C=C(C(C)(C)C)C(c4ccccc4)=CC32)cc1.[CH3-].[CH3-].[Cl][Zr+2][Cl]. The minimum atomic E-state index is -0.826. The van der Waals surface area contributed by atoms with Gasteiger partial charge in [0.15, 0.2) is 0 Å². The van der Waals surface area contributed by atoms with Crippen molar-refractivity contribution in [3.63, 3.8) is 0 Å². The third-order valence-electron chi connectivity index (χ3n) is 12.5. The Hall–Kier alpha value is -1.92. The maximum absolute atomic E-state index is 4.93. The maximum atomic E-state index is 4.93. The van der Waals surface area contributed by atoms with Gasteiger partial charge in [-0.3, -0.25) is 0 Å². The molecule has 2 saturated carbocycles. The fourth-order valence-electron chi connectivity index (χ4n) is 10.2. The summed E-state index contributed by atoms with van der Waals surface area (Å²) in [7, 11) is 9.87. The molecule has 0 amide bonds. The number of aryl methyl sites for hydroxylation is 1. The fraction of sp³-hybridized carbons (Fsp3) is 0.429. The third-order valence-corrected chi connectivity index (χ3v) is 12.5. The molecule has 0 radical (unpaired) electrons. The van der Waals surface area contributed by atoms with Gasteiger partial charge in [-0.25, -0.2) is 0 Å². The molecule has 0 aromatic heterocycles. The van der Waals surface area contributed by atoms with Crippen LogP contribution in [0, 0.1) is 68.1 Å². The number of hydrogen-bond acceptors (Lipinski definition) is 0. The topological polar surface area (TPSA) is 0 Å². The van der Waals surface area contributed by atoms with Crippen molar-refractivity contribution in [2.45, 2.75) is 86.5 Å². The van der Waals surface area contributed by atoms with Crippen LogP contribution in [-0.4, -0.2) is 0 Å². The van der Waals surface area contributed by atoms with E-state index in [0.29, 0.717) is 35.5 Å². The van der Waals surface area contributed by atoms with Crippen molar-refractivity contribution in [3.05, 3.63) is 157 Å². The van der Waals surface area contributed by atoms with Gasteiger partial charge in [-0.05, 0) is 111 Å². The van der Waals surface area contributed by atoms with E-state index in [2.05, 4.69) is 165 Å². The summed E-state index contributed by atoms with van der Waals surface area (Å²) in [6, 6.07) is 32.3. The Labute approximate surface area is 336 Å². The fourth-order valence-corrected chi connectivity index (χ4v) is 10.2. The summed E-state index contributed by atoms with van der Waals surface area (Å²) in [5, 5.41) is 0. The van der Waals surface area contributed by atoms with Crippen LogP contribution in [-0.2, 0) is 26.3 Å². The van der Waals surface area contributed by atoms with Crippen molar-refractivity contribution in [3.8, 4) is 0 Å². The molecule has 4 aliphatic rings. The van der Waals surface area contributed by atoms with Crippen molar-refractivity contribution < 1.29 is 20.8 Å². The molecule has 0 spiro atoms. The standard InChI is InChI=1S/C47H56.2CH3.2ClH.Zr/c1-31-23-25-35(26-24-31)47(8,34-21-15-16-22-34)44-40-27-36(32-17-11-9-12-18-32)42(45(2,3)4)29-38(40)39-30-43(46(5,6)7)37(28-41(39)44)33-19-13-10-14-20-33;;;;;/h9-14,17-20,23-30,34,38-41,44H,15-16,21-22H2,1-8H3;2*1H3;2*1H;/q;2*-1;;;+4/p-2. The van der Waals surface area contributed by atoms with Gasteiger partial charge >= 0.3 is 37.9 Å². The van der Waals surface area contributed by atoms with Crippen LogP contribution in [0.25, 0.3) is 11.1 Å². The quantitative estimate of drug-likeness (QED) is 0.225. The first kappa shape index (κ1) is 42.8. The van der Waals surface area contributed by atoms with Gasteiger partial charge in [-0.2, -0.15) is 0 Å². The molecular weight excluding hydrogens is 751 g/mol. The van der Waals surface area contributed by atoms with Gasteiger partial charge in [0.2, 0.25) is 0 Å². The zero-order chi connectivity index (χ0) is 35.8. The van der Waals surface area contributed by atoms with Crippen molar-refractivity contribution in [1.82, 2.24) is 0 Å². The summed E-state index contributed by atoms with van der Waals surface area (Å²) in [5.41, 5.74) is 11.8. The van der Waals surface area contributed by atoms with Crippen LogP contribution < -0.4 is 0 Å². The van der Waals surface area contributed by atoms with Gasteiger partial charge in [0.05, 0.1) is 0 Å². The second-order valence-corrected chi connectivity index (χ2v) is 21.3. The second-order valence-electron chi connectivity index (χ2n) is 17.6. The summed E-state index contributed by atoms with van der Waals surface area (Å²) < 4.78 is 0. The van der Waals surface area contributed by atoms with Crippen LogP contribution in [0.5, 0.6) is 0 Å². The molecule has 0 heterocycles. The molecule has 0 bridgehead atoms.